The zero-order valence-electron chi connectivity index (χ0n) is 10.6. The molecule has 0 aromatic heterocycles. The summed E-state index contributed by atoms with van der Waals surface area (Å²) in [5.74, 6) is 0.200. The molecule has 1 atom stereocenters. The standard InChI is InChI=1S/C16H16N2O/c17-16(19)11-5-7-14(8-6-11)18-10-13-9-12-3-1-2-4-15(12)13/h1-8,13,18H,9-10H2,(H2,17,19). The van der Waals surface area contributed by atoms with E-state index in [0.717, 1.165) is 18.7 Å². The highest BCUT2D eigenvalue weighted by Gasteiger charge is 2.24. The fraction of sp³-hybridized carbons (Fsp3) is 0.188. The van der Waals surface area contributed by atoms with Crippen molar-refractivity contribution in [1.29, 1.82) is 0 Å². The summed E-state index contributed by atoms with van der Waals surface area (Å²) in [6, 6.07) is 15.8. The van der Waals surface area contributed by atoms with Gasteiger partial charge in [0.15, 0.2) is 0 Å². The molecule has 3 heteroatoms. The van der Waals surface area contributed by atoms with Gasteiger partial charge < -0.3 is 11.1 Å². The van der Waals surface area contributed by atoms with Gasteiger partial charge in [-0.1, -0.05) is 24.3 Å². The first-order valence-electron chi connectivity index (χ1n) is 6.45. The molecule has 0 fully saturated rings. The van der Waals surface area contributed by atoms with E-state index in [-0.39, 0.29) is 5.91 Å². The Bertz CT molecular complexity index is 604. The highest BCUT2D eigenvalue weighted by Crippen LogP contribution is 2.34. The maximum atomic E-state index is 11.0. The quantitative estimate of drug-likeness (QED) is 0.878. The van der Waals surface area contributed by atoms with Crippen LogP contribution in [0, 0.1) is 0 Å². The molecule has 96 valence electrons. The Morgan fingerprint density at radius 2 is 1.89 bits per heavy atom. The van der Waals surface area contributed by atoms with Gasteiger partial charge >= 0.3 is 0 Å². The first-order valence-corrected chi connectivity index (χ1v) is 6.45. The van der Waals surface area contributed by atoms with Gasteiger partial charge in [0.25, 0.3) is 0 Å². The molecule has 2 aromatic rings. The molecule has 0 saturated heterocycles. The largest absolute Gasteiger partial charge is 0.384 e. The van der Waals surface area contributed by atoms with Crippen LogP contribution < -0.4 is 11.1 Å². The molecule has 3 nitrogen and oxygen atoms in total. The van der Waals surface area contributed by atoms with Crippen molar-refractivity contribution < 1.29 is 4.79 Å². The molecule has 1 aliphatic carbocycles. The number of anilines is 1. The van der Waals surface area contributed by atoms with Crippen molar-refractivity contribution in [3.05, 3.63) is 65.2 Å². The van der Waals surface area contributed by atoms with E-state index in [4.69, 9.17) is 5.73 Å². The van der Waals surface area contributed by atoms with E-state index in [1.165, 1.54) is 11.1 Å². The van der Waals surface area contributed by atoms with E-state index >= 15 is 0 Å². The lowest BCUT2D eigenvalue weighted by Crippen LogP contribution is -2.24. The van der Waals surface area contributed by atoms with Gasteiger partial charge in [-0.05, 0) is 41.8 Å². The number of primary amides is 1. The number of carbonyl (C=O) groups is 1. The summed E-state index contributed by atoms with van der Waals surface area (Å²) in [6.45, 7) is 0.924. The van der Waals surface area contributed by atoms with Crippen LogP contribution in [0.3, 0.4) is 0 Å². The number of hydrogen-bond acceptors (Lipinski definition) is 2. The molecule has 1 amide bonds. The van der Waals surface area contributed by atoms with Gasteiger partial charge in [0.2, 0.25) is 5.91 Å². The van der Waals surface area contributed by atoms with Crippen molar-refractivity contribution in [3.63, 3.8) is 0 Å². The number of fused-ring (bicyclic) bond motifs is 1. The van der Waals surface area contributed by atoms with Crippen molar-refractivity contribution in [2.45, 2.75) is 12.3 Å². The average Bonchev–Trinajstić information content (AvgIpc) is 2.40. The lowest BCUT2D eigenvalue weighted by atomic mass is 9.77. The molecule has 0 radical (unpaired) electrons. The number of carbonyl (C=O) groups excluding carboxylic acids is 1. The van der Waals surface area contributed by atoms with Crippen LogP contribution >= 0.6 is 0 Å². The van der Waals surface area contributed by atoms with E-state index in [1.54, 1.807) is 12.1 Å². The van der Waals surface area contributed by atoms with Crippen LogP contribution in [0.2, 0.25) is 0 Å². The molecular formula is C16H16N2O. The third-order valence-electron chi connectivity index (χ3n) is 3.68. The van der Waals surface area contributed by atoms with Crippen molar-refractivity contribution in [3.8, 4) is 0 Å². The van der Waals surface area contributed by atoms with E-state index in [9.17, 15) is 4.79 Å². The molecule has 2 aromatic carbocycles. The predicted molar refractivity (Wildman–Crippen MR) is 76.3 cm³/mol. The lowest BCUT2D eigenvalue weighted by molar-refractivity contribution is 0.100. The molecular weight excluding hydrogens is 236 g/mol. The van der Waals surface area contributed by atoms with Gasteiger partial charge in [-0.3, -0.25) is 4.79 Å². The number of amides is 1. The second-order valence-electron chi connectivity index (χ2n) is 4.92. The minimum atomic E-state index is -0.389. The molecule has 0 bridgehead atoms. The Morgan fingerprint density at radius 1 is 1.16 bits per heavy atom. The van der Waals surface area contributed by atoms with E-state index in [0.29, 0.717) is 11.5 Å². The van der Waals surface area contributed by atoms with E-state index < -0.39 is 0 Å². The van der Waals surface area contributed by atoms with Gasteiger partial charge in [-0.2, -0.15) is 0 Å². The van der Waals surface area contributed by atoms with Gasteiger partial charge in [0.05, 0.1) is 0 Å². The summed E-state index contributed by atoms with van der Waals surface area (Å²) in [5.41, 5.74) is 9.68. The van der Waals surface area contributed by atoms with E-state index in [1.807, 2.05) is 12.1 Å². The molecule has 0 aliphatic heterocycles. The summed E-state index contributed by atoms with van der Waals surface area (Å²) in [7, 11) is 0. The highest BCUT2D eigenvalue weighted by molar-refractivity contribution is 5.93. The third-order valence-corrected chi connectivity index (χ3v) is 3.68. The van der Waals surface area contributed by atoms with Crippen molar-refractivity contribution in [2.24, 2.45) is 5.73 Å². The van der Waals surface area contributed by atoms with E-state index in [2.05, 4.69) is 29.6 Å². The lowest BCUT2D eigenvalue weighted by Gasteiger charge is -2.30. The van der Waals surface area contributed by atoms with Gasteiger partial charge in [0.1, 0.15) is 0 Å². The zero-order chi connectivity index (χ0) is 13.2. The molecule has 0 heterocycles. The molecule has 19 heavy (non-hydrogen) atoms. The van der Waals surface area contributed by atoms with Gasteiger partial charge in [0, 0.05) is 23.7 Å². The van der Waals surface area contributed by atoms with Crippen molar-refractivity contribution >= 4 is 11.6 Å². The van der Waals surface area contributed by atoms with Crippen LogP contribution in [0.15, 0.2) is 48.5 Å². The Hall–Kier alpha value is -2.29. The van der Waals surface area contributed by atoms with Crippen LogP contribution in [0.1, 0.15) is 27.4 Å². The third kappa shape index (κ3) is 2.32. The molecule has 3 rings (SSSR count). The second-order valence-corrected chi connectivity index (χ2v) is 4.92. The summed E-state index contributed by atoms with van der Waals surface area (Å²) in [4.78, 5) is 11.0. The van der Waals surface area contributed by atoms with Crippen LogP contribution in [0.5, 0.6) is 0 Å². The summed E-state index contributed by atoms with van der Waals surface area (Å²) in [6.07, 6.45) is 1.14. The highest BCUT2D eigenvalue weighted by atomic mass is 16.1. The van der Waals surface area contributed by atoms with Crippen molar-refractivity contribution in [1.82, 2.24) is 0 Å². The summed E-state index contributed by atoms with van der Waals surface area (Å²) < 4.78 is 0. The fourth-order valence-electron chi connectivity index (χ4n) is 2.54. The summed E-state index contributed by atoms with van der Waals surface area (Å²) in [5, 5.41) is 3.40. The minimum absolute atomic E-state index is 0.389. The molecule has 0 saturated carbocycles. The average molecular weight is 252 g/mol. The Labute approximate surface area is 112 Å². The monoisotopic (exact) mass is 252 g/mol. The first-order chi connectivity index (χ1) is 9.24. The maximum Gasteiger partial charge on any atom is 0.248 e. The number of benzene rings is 2. The maximum absolute atomic E-state index is 11.0. The number of hydrogen-bond donors (Lipinski definition) is 2. The van der Waals surface area contributed by atoms with Gasteiger partial charge in [-0.25, -0.2) is 0 Å². The SMILES string of the molecule is NC(=O)c1ccc(NCC2Cc3ccccc32)cc1. The van der Waals surface area contributed by atoms with Crippen LogP contribution in [-0.2, 0) is 6.42 Å². The molecule has 1 unspecified atom stereocenters. The molecule has 3 N–H and O–H groups in total. The molecule has 0 spiro atoms. The molecule has 1 aliphatic rings. The smallest absolute Gasteiger partial charge is 0.248 e. The number of nitrogens with two attached hydrogens (primary N) is 1. The number of rotatable bonds is 4. The van der Waals surface area contributed by atoms with Crippen LogP contribution in [-0.4, -0.2) is 12.5 Å². The Morgan fingerprint density at radius 3 is 2.58 bits per heavy atom. The first kappa shape index (κ1) is 11.8. The normalized spacial score (nSPS) is 16.3. The van der Waals surface area contributed by atoms with Crippen LogP contribution in [0.4, 0.5) is 5.69 Å². The second kappa shape index (κ2) is 4.76. The van der Waals surface area contributed by atoms with Crippen LogP contribution in [0.25, 0.3) is 0 Å². The number of nitrogens with one attached hydrogen (secondary N) is 1. The van der Waals surface area contributed by atoms with Gasteiger partial charge in [-0.15, -0.1) is 0 Å². The Balaban J connectivity index is 1.60. The fourth-order valence-corrected chi connectivity index (χ4v) is 2.54. The summed E-state index contributed by atoms with van der Waals surface area (Å²) >= 11 is 0. The van der Waals surface area contributed by atoms with Crippen molar-refractivity contribution in [2.75, 3.05) is 11.9 Å². The topological polar surface area (TPSA) is 55.1 Å². The zero-order valence-corrected chi connectivity index (χ0v) is 10.6. The predicted octanol–water partition coefficient (Wildman–Crippen LogP) is 2.54. The minimum Gasteiger partial charge on any atom is -0.384 e. The Kier molecular flexibility index (Phi) is 2.95.